The Labute approximate surface area is 324 Å². The van der Waals surface area contributed by atoms with E-state index in [0.29, 0.717) is 0 Å². The largest absolute Gasteiger partial charge is 0.0616 e. The molecule has 0 spiro atoms. The summed E-state index contributed by atoms with van der Waals surface area (Å²) in [6.07, 6.45) is 0. The van der Waals surface area contributed by atoms with Gasteiger partial charge in [0.25, 0.3) is 0 Å². The van der Waals surface area contributed by atoms with Crippen LogP contribution >= 0.6 is 0 Å². The lowest BCUT2D eigenvalue weighted by Crippen LogP contribution is -1.92. The Balaban J connectivity index is 1.16. The second-order valence-electron chi connectivity index (χ2n) is 15.2. The minimum atomic E-state index is 1.24. The zero-order valence-corrected chi connectivity index (χ0v) is 30.6. The molecule has 0 aromatic heterocycles. The van der Waals surface area contributed by atoms with Crippen LogP contribution < -0.4 is 0 Å². The van der Waals surface area contributed by atoms with Gasteiger partial charge in [-0.1, -0.05) is 170 Å². The van der Waals surface area contributed by atoms with Gasteiger partial charge >= 0.3 is 0 Å². The van der Waals surface area contributed by atoms with Crippen molar-refractivity contribution in [3.8, 4) is 33.4 Å². The third-order valence-corrected chi connectivity index (χ3v) is 12.2. The highest BCUT2D eigenvalue weighted by Crippen LogP contribution is 2.46. The first-order valence-electron chi connectivity index (χ1n) is 19.5. The van der Waals surface area contributed by atoms with E-state index in [2.05, 4.69) is 206 Å². The molecular weight excluding hydrogens is 673 g/mol. The summed E-state index contributed by atoms with van der Waals surface area (Å²) in [5.74, 6) is 0. The molecule has 56 heavy (non-hydrogen) atoms. The number of hydrogen-bond donors (Lipinski definition) is 0. The predicted molar refractivity (Wildman–Crippen MR) is 243 cm³/mol. The fourth-order valence-electron chi connectivity index (χ4n) is 9.54. The van der Waals surface area contributed by atoms with Crippen LogP contribution in [0, 0.1) is 0 Å². The Bertz CT molecular complexity index is 3350. The molecule has 0 radical (unpaired) electrons. The van der Waals surface area contributed by atoms with E-state index >= 15 is 0 Å². The third-order valence-electron chi connectivity index (χ3n) is 12.2. The van der Waals surface area contributed by atoms with E-state index in [4.69, 9.17) is 0 Å². The van der Waals surface area contributed by atoms with E-state index in [0.717, 1.165) is 0 Å². The summed E-state index contributed by atoms with van der Waals surface area (Å²) < 4.78 is 0. The third kappa shape index (κ3) is 4.66. The van der Waals surface area contributed by atoms with Crippen LogP contribution in [-0.4, -0.2) is 0 Å². The molecule has 12 aromatic rings. The Hall–Kier alpha value is -7.28. The van der Waals surface area contributed by atoms with E-state index in [-0.39, 0.29) is 0 Å². The summed E-state index contributed by atoms with van der Waals surface area (Å²) in [5, 5.41) is 20.3. The molecule has 0 unspecified atom stereocenters. The zero-order chi connectivity index (χ0) is 36.7. The molecule has 12 rings (SSSR count). The summed E-state index contributed by atoms with van der Waals surface area (Å²) in [6, 6.07) is 76.8. The van der Waals surface area contributed by atoms with Crippen molar-refractivity contribution >= 4 is 86.2 Å². The van der Waals surface area contributed by atoms with Crippen LogP contribution in [0.15, 0.2) is 206 Å². The maximum Gasteiger partial charge on any atom is -0.00923 e. The van der Waals surface area contributed by atoms with Gasteiger partial charge in [-0.25, -0.2) is 0 Å². The van der Waals surface area contributed by atoms with Gasteiger partial charge < -0.3 is 0 Å². The first-order valence-corrected chi connectivity index (χ1v) is 19.5. The molecule has 0 bridgehead atoms. The first-order chi connectivity index (χ1) is 27.8. The van der Waals surface area contributed by atoms with Gasteiger partial charge in [-0.05, 0) is 156 Å². The molecule has 0 amide bonds. The van der Waals surface area contributed by atoms with Gasteiger partial charge in [0.1, 0.15) is 0 Å². The van der Waals surface area contributed by atoms with Crippen LogP contribution in [0.5, 0.6) is 0 Å². The maximum absolute atomic E-state index is 2.48. The van der Waals surface area contributed by atoms with E-state index in [1.165, 1.54) is 120 Å². The molecule has 0 heterocycles. The van der Waals surface area contributed by atoms with Crippen molar-refractivity contribution < 1.29 is 0 Å². The summed E-state index contributed by atoms with van der Waals surface area (Å²) >= 11 is 0. The molecule has 0 saturated heterocycles. The Morgan fingerprint density at radius 3 is 0.786 bits per heavy atom. The lowest BCUT2D eigenvalue weighted by Gasteiger charge is -2.19. The monoisotopic (exact) mass is 706 g/mol. The second kappa shape index (κ2) is 12.1. The highest BCUT2D eigenvalue weighted by Gasteiger charge is 2.19. The minimum Gasteiger partial charge on any atom is -0.0616 e. The summed E-state index contributed by atoms with van der Waals surface area (Å²) in [4.78, 5) is 0. The Morgan fingerprint density at radius 2 is 0.429 bits per heavy atom. The summed E-state index contributed by atoms with van der Waals surface area (Å²) in [6.45, 7) is 0. The average molecular weight is 707 g/mol. The molecule has 0 atom stereocenters. The van der Waals surface area contributed by atoms with E-state index in [9.17, 15) is 0 Å². The summed E-state index contributed by atoms with van der Waals surface area (Å²) in [5.41, 5.74) is 7.54. The van der Waals surface area contributed by atoms with Crippen molar-refractivity contribution in [2.45, 2.75) is 0 Å². The van der Waals surface area contributed by atoms with Crippen LogP contribution in [-0.2, 0) is 0 Å². The molecule has 0 saturated carbocycles. The zero-order valence-electron chi connectivity index (χ0n) is 30.6. The highest BCUT2D eigenvalue weighted by molar-refractivity contribution is 6.28. The fraction of sp³-hybridized carbons (Fsp3) is 0. The Kier molecular flexibility index (Phi) is 6.73. The topological polar surface area (TPSA) is 0 Å². The predicted octanol–water partition coefficient (Wildman–Crippen LogP) is 15.9. The van der Waals surface area contributed by atoms with Crippen LogP contribution in [0.25, 0.3) is 120 Å². The minimum absolute atomic E-state index is 1.24. The molecule has 0 aliphatic rings. The quantitative estimate of drug-likeness (QED) is 0.160. The molecule has 0 nitrogen and oxygen atoms in total. The second-order valence-corrected chi connectivity index (χ2v) is 15.2. The van der Waals surface area contributed by atoms with Gasteiger partial charge in [0.15, 0.2) is 0 Å². The molecular formula is C56H34. The molecule has 0 aliphatic carbocycles. The molecule has 0 aliphatic heterocycles. The standard InChI is InChI=1S/C56H34/c1-3-15-37-29-39(27-25-35(37)13-1)49-31-51-45-21-9-11-23-47(45)55(33-53(51)43-19-7-5-17-41(43)49)56-34-54-44-20-8-6-18-42(44)50(32-52(54)46-22-10-12-24-48(46)56)40-28-26-36-14-2-4-16-38(36)30-40/h1-34H. The molecule has 258 valence electrons. The lowest BCUT2D eigenvalue weighted by atomic mass is 9.84. The Morgan fingerprint density at radius 1 is 0.161 bits per heavy atom. The van der Waals surface area contributed by atoms with Crippen LogP contribution in [0.2, 0.25) is 0 Å². The van der Waals surface area contributed by atoms with Crippen molar-refractivity contribution in [1.82, 2.24) is 0 Å². The molecule has 0 heteroatoms. The maximum atomic E-state index is 2.48. The van der Waals surface area contributed by atoms with E-state index < -0.39 is 0 Å². The molecule has 0 N–H and O–H groups in total. The van der Waals surface area contributed by atoms with Crippen LogP contribution in [0.4, 0.5) is 0 Å². The SMILES string of the molecule is c1ccc2cc(-c3cc4c5ccccc5c(-c5cc6c7ccccc7c(-c7ccc8ccccc8c7)cc6c6ccccc56)cc4c4ccccc34)ccc2c1. The normalized spacial score (nSPS) is 11.9. The first kappa shape index (κ1) is 31.1. The number of hydrogen-bond acceptors (Lipinski definition) is 0. The van der Waals surface area contributed by atoms with Crippen molar-refractivity contribution in [3.05, 3.63) is 206 Å². The van der Waals surface area contributed by atoms with Crippen molar-refractivity contribution in [3.63, 3.8) is 0 Å². The highest BCUT2D eigenvalue weighted by atomic mass is 14.2. The van der Waals surface area contributed by atoms with Gasteiger partial charge in [-0.3, -0.25) is 0 Å². The number of rotatable bonds is 3. The smallest absolute Gasteiger partial charge is 0.00923 e. The van der Waals surface area contributed by atoms with Crippen LogP contribution in [0.1, 0.15) is 0 Å². The summed E-state index contributed by atoms with van der Waals surface area (Å²) in [7, 11) is 0. The van der Waals surface area contributed by atoms with Crippen molar-refractivity contribution in [2.75, 3.05) is 0 Å². The fourth-order valence-corrected chi connectivity index (χ4v) is 9.54. The van der Waals surface area contributed by atoms with E-state index in [1.54, 1.807) is 0 Å². The number of fused-ring (bicyclic) bond motifs is 12. The lowest BCUT2D eigenvalue weighted by molar-refractivity contribution is 1.69. The van der Waals surface area contributed by atoms with Gasteiger partial charge in [0, 0.05) is 0 Å². The number of benzene rings is 12. The van der Waals surface area contributed by atoms with Gasteiger partial charge in [-0.15, -0.1) is 0 Å². The van der Waals surface area contributed by atoms with Gasteiger partial charge in [-0.2, -0.15) is 0 Å². The van der Waals surface area contributed by atoms with Crippen LogP contribution in [0.3, 0.4) is 0 Å². The van der Waals surface area contributed by atoms with Crippen molar-refractivity contribution in [1.29, 1.82) is 0 Å². The molecule has 0 fully saturated rings. The average Bonchev–Trinajstić information content (AvgIpc) is 3.27. The van der Waals surface area contributed by atoms with Gasteiger partial charge in [0.05, 0.1) is 0 Å². The van der Waals surface area contributed by atoms with Gasteiger partial charge in [0.2, 0.25) is 0 Å². The van der Waals surface area contributed by atoms with E-state index in [1.807, 2.05) is 0 Å². The molecule has 12 aromatic carbocycles. The van der Waals surface area contributed by atoms with Crippen molar-refractivity contribution in [2.24, 2.45) is 0 Å².